The van der Waals surface area contributed by atoms with Crippen LogP contribution in [0.5, 0.6) is 0 Å². The maximum absolute atomic E-state index is 5.76. The zero-order valence-electron chi connectivity index (χ0n) is 4.85. The number of hydrogen-bond acceptors (Lipinski definition) is 3. The quantitative estimate of drug-likeness (QED) is 0.671. The summed E-state index contributed by atoms with van der Waals surface area (Å²) >= 11 is 8.52. The molecule has 0 atom stereocenters. The van der Waals surface area contributed by atoms with Crippen molar-refractivity contribution in [3.05, 3.63) is 15.3 Å². The van der Waals surface area contributed by atoms with Gasteiger partial charge in [-0.25, -0.2) is 0 Å². The fourth-order valence-electron chi connectivity index (χ4n) is 0.495. The van der Waals surface area contributed by atoms with E-state index in [-0.39, 0.29) is 0 Å². The van der Waals surface area contributed by atoms with E-state index in [1.54, 1.807) is 0 Å². The van der Waals surface area contributed by atoms with Crippen LogP contribution in [-0.2, 0) is 0 Å². The maximum Gasteiger partial charge on any atom is 0.0969 e. The first-order valence-electron chi connectivity index (χ1n) is 2.36. The molecule has 0 bridgehead atoms. The SMILES string of the molecule is Cc1c(SN)csc1Cl. The van der Waals surface area contributed by atoms with Gasteiger partial charge in [-0.15, -0.1) is 11.3 Å². The Hall–Kier alpha value is 0.300. The van der Waals surface area contributed by atoms with Crippen molar-refractivity contribution in [1.82, 2.24) is 0 Å². The third-order valence-corrected chi connectivity index (χ3v) is 3.31. The third kappa shape index (κ3) is 1.41. The average molecular weight is 180 g/mol. The molecule has 0 aromatic carbocycles. The molecular formula is C5H6ClNS2. The van der Waals surface area contributed by atoms with E-state index in [0.717, 1.165) is 14.8 Å². The summed E-state index contributed by atoms with van der Waals surface area (Å²) in [6, 6.07) is 0. The van der Waals surface area contributed by atoms with Crippen molar-refractivity contribution in [3.63, 3.8) is 0 Å². The van der Waals surface area contributed by atoms with Crippen molar-refractivity contribution in [2.75, 3.05) is 0 Å². The summed E-state index contributed by atoms with van der Waals surface area (Å²) in [6.07, 6.45) is 0. The summed E-state index contributed by atoms with van der Waals surface area (Å²) in [5.74, 6) is 0. The predicted molar refractivity (Wildman–Crippen MR) is 44.1 cm³/mol. The Labute approximate surface area is 67.3 Å². The number of hydrogen-bond donors (Lipinski definition) is 1. The summed E-state index contributed by atoms with van der Waals surface area (Å²) in [5.41, 5.74) is 1.09. The molecule has 0 aliphatic heterocycles. The van der Waals surface area contributed by atoms with Crippen LogP contribution in [0, 0.1) is 6.92 Å². The second kappa shape index (κ2) is 2.92. The van der Waals surface area contributed by atoms with E-state index >= 15 is 0 Å². The number of thiophene rings is 1. The lowest BCUT2D eigenvalue weighted by molar-refractivity contribution is 1.38. The van der Waals surface area contributed by atoms with Gasteiger partial charge < -0.3 is 0 Å². The molecule has 1 heterocycles. The van der Waals surface area contributed by atoms with Crippen LogP contribution in [-0.4, -0.2) is 0 Å². The van der Waals surface area contributed by atoms with E-state index in [2.05, 4.69) is 0 Å². The molecule has 0 spiro atoms. The largest absolute Gasteiger partial charge is 0.274 e. The van der Waals surface area contributed by atoms with Gasteiger partial charge in [-0.3, -0.25) is 5.14 Å². The molecule has 2 N–H and O–H groups in total. The highest BCUT2D eigenvalue weighted by molar-refractivity contribution is 7.97. The van der Waals surface area contributed by atoms with E-state index in [0.29, 0.717) is 0 Å². The van der Waals surface area contributed by atoms with Gasteiger partial charge in [0.15, 0.2) is 0 Å². The molecule has 0 aliphatic carbocycles. The molecule has 0 fully saturated rings. The van der Waals surface area contributed by atoms with Crippen LogP contribution >= 0.6 is 34.9 Å². The van der Waals surface area contributed by atoms with Crippen LogP contribution in [0.1, 0.15) is 5.56 Å². The summed E-state index contributed by atoms with van der Waals surface area (Å²) in [4.78, 5) is 1.07. The Bertz CT molecular complexity index is 209. The molecule has 0 amide bonds. The summed E-state index contributed by atoms with van der Waals surface area (Å²) < 4.78 is 0.836. The Morgan fingerprint density at radius 1 is 1.78 bits per heavy atom. The van der Waals surface area contributed by atoms with Gasteiger partial charge >= 0.3 is 0 Å². The maximum atomic E-state index is 5.76. The fourth-order valence-corrected chi connectivity index (χ4v) is 2.17. The van der Waals surface area contributed by atoms with Crippen molar-refractivity contribution in [3.8, 4) is 0 Å². The van der Waals surface area contributed by atoms with Crippen molar-refractivity contribution < 1.29 is 0 Å². The minimum Gasteiger partial charge on any atom is -0.274 e. The molecule has 0 unspecified atom stereocenters. The van der Waals surface area contributed by atoms with Crippen LogP contribution in [0.2, 0.25) is 4.34 Å². The van der Waals surface area contributed by atoms with Gasteiger partial charge in [-0.05, 0) is 24.4 Å². The molecule has 0 aliphatic rings. The Balaban J connectivity index is 3.04. The van der Waals surface area contributed by atoms with Crippen LogP contribution in [0.25, 0.3) is 0 Å². The zero-order chi connectivity index (χ0) is 6.85. The van der Waals surface area contributed by atoms with Gasteiger partial charge in [0.2, 0.25) is 0 Å². The van der Waals surface area contributed by atoms with Gasteiger partial charge in [-0.2, -0.15) is 0 Å². The van der Waals surface area contributed by atoms with E-state index < -0.39 is 0 Å². The van der Waals surface area contributed by atoms with E-state index in [1.807, 2.05) is 12.3 Å². The van der Waals surface area contributed by atoms with Crippen molar-refractivity contribution in [2.45, 2.75) is 11.8 Å². The average Bonchev–Trinajstić information content (AvgIpc) is 2.15. The van der Waals surface area contributed by atoms with Crippen molar-refractivity contribution >= 4 is 34.9 Å². The first-order valence-corrected chi connectivity index (χ1v) is 4.49. The Kier molecular flexibility index (Phi) is 2.41. The highest BCUT2D eigenvalue weighted by atomic mass is 35.5. The summed E-state index contributed by atoms with van der Waals surface area (Å²) in [5, 5.41) is 7.29. The minimum atomic E-state index is 0.836. The van der Waals surface area contributed by atoms with E-state index in [9.17, 15) is 0 Å². The highest BCUT2D eigenvalue weighted by Gasteiger charge is 2.02. The standard InChI is InChI=1S/C5H6ClNS2/c1-3-4(9-7)2-8-5(3)6/h2H,7H2,1H3. The minimum absolute atomic E-state index is 0.836. The lowest BCUT2D eigenvalue weighted by Gasteiger charge is -1.89. The van der Waals surface area contributed by atoms with Crippen LogP contribution in [0.4, 0.5) is 0 Å². The highest BCUT2D eigenvalue weighted by Crippen LogP contribution is 2.30. The molecule has 1 rings (SSSR count). The molecule has 0 radical (unpaired) electrons. The third-order valence-electron chi connectivity index (χ3n) is 1.06. The summed E-state index contributed by atoms with van der Waals surface area (Å²) in [6.45, 7) is 1.97. The van der Waals surface area contributed by atoms with Crippen LogP contribution < -0.4 is 5.14 Å². The molecular weight excluding hydrogens is 174 g/mol. The molecule has 0 saturated heterocycles. The van der Waals surface area contributed by atoms with Gasteiger partial charge in [0.25, 0.3) is 0 Å². The lowest BCUT2D eigenvalue weighted by atomic mass is 10.4. The van der Waals surface area contributed by atoms with Gasteiger partial charge in [0.1, 0.15) is 0 Å². The Morgan fingerprint density at radius 3 is 2.67 bits per heavy atom. The smallest absolute Gasteiger partial charge is 0.0969 e. The first-order chi connectivity index (χ1) is 4.25. The van der Waals surface area contributed by atoms with Crippen molar-refractivity contribution in [1.29, 1.82) is 0 Å². The van der Waals surface area contributed by atoms with Crippen LogP contribution in [0.15, 0.2) is 10.3 Å². The van der Waals surface area contributed by atoms with Gasteiger partial charge in [0, 0.05) is 10.3 Å². The van der Waals surface area contributed by atoms with Crippen molar-refractivity contribution in [2.24, 2.45) is 5.14 Å². The van der Waals surface area contributed by atoms with Gasteiger partial charge in [-0.1, -0.05) is 11.6 Å². The van der Waals surface area contributed by atoms with E-state index in [1.165, 1.54) is 23.3 Å². The number of rotatable bonds is 1. The Morgan fingerprint density at radius 2 is 2.44 bits per heavy atom. The molecule has 0 saturated carbocycles. The second-order valence-electron chi connectivity index (χ2n) is 1.62. The van der Waals surface area contributed by atoms with Gasteiger partial charge in [0.05, 0.1) is 4.34 Å². The normalized spacial score (nSPS) is 10.1. The molecule has 1 aromatic heterocycles. The van der Waals surface area contributed by atoms with Crippen LogP contribution in [0.3, 0.4) is 0 Å². The summed E-state index contributed by atoms with van der Waals surface area (Å²) in [7, 11) is 0. The molecule has 1 nitrogen and oxygen atoms in total. The fraction of sp³-hybridized carbons (Fsp3) is 0.200. The first kappa shape index (κ1) is 7.41. The molecule has 9 heavy (non-hydrogen) atoms. The molecule has 50 valence electrons. The predicted octanol–water partition coefficient (Wildman–Crippen LogP) is 2.68. The van der Waals surface area contributed by atoms with E-state index in [4.69, 9.17) is 16.7 Å². The monoisotopic (exact) mass is 179 g/mol. The number of halogens is 1. The topological polar surface area (TPSA) is 26.0 Å². The second-order valence-corrected chi connectivity index (χ2v) is 3.77. The lowest BCUT2D eigenvalue weighted by Crippen LogP contribution is -1.77. The number of nitrogens with two attached hydrogens (primary N) is 1. The zero-order valence-corrected chi connectivity index (χ0v) is 7.24. The molecule has 4 heteroatoms. The molecule has 1 aromatic rings.